The topological polar surface area (TPSA) is 37.3 Å². The molecule has 0 aliphatic carbocycles. The number of halogens is 1. The van der Waals surface area contributed by atoms with Crippen molar-refractivity contribution >= 4 is 45.9 Å². The Kier molecular flexibility index (Phi) is 4.66. The van der Waals surface area contributed by atoms with E-state index in [1.165, 1.54) is 4.90 Å². The van der Waals surface area contributed by atoms with E-state index in [0.717, 1.165) is 11.1 Å². The molecular formula is C11H11IO2S. The van der Waals surface area contributed by atoms with Crippen molar-refractivity contribution in [1.29, 1.82) is 0 Å². The Hall–Kier alpha value is -0.490. The molecule has 0 saturated carbocycles. The van der Waals surface area contributed by atoms with Crippen LogP contribution in [0.5, 0.6) is 0 Å². The summed E-state index contributed by atoms with van der Waals surface area (Å²) in [6.45, 7) is 1.82. The van der Waals surface area contributed by atoms with Crippen molar-refractivity contribution in [3.63, 3.8) is 0 Å². The monoisotopic (exact) mass is 334 g/mol. The molecule has 80 valence electrons. The summed E-state index contributed by atoms with van der Waals surface area (Å²) in [4.78, 5) is 11.9. The number of hydrogen-bond acceptors (Lipinski definition) is 2. The summed E-state index contributed by atoms with van der Waals surface area (Å²) in [5.74, 6) is -0.873. The molecule has 0 atom stereocenters. The van der Waals surface area contributed by atoms with E-state index in [1.807, 2.05) is 60.0 Å². The van der Waals surface area contributed by atoms with Crippen LogP contribution in [0.4, 0.5) is 0 Å². The zero-order chi connectivity index (χ0) is 11.4. The molecule has 15 heavy (non-hydrogen) atoms. The summed E-state index contributed by atoms with van der Waals surface area (Å²) in [6, 6.07) is 7.88. The molecule has 1 N–H and O–H groups in total. The Morgan fingerprint density at radius 1 is 1.33 bits per heavy atom. The van der Waals surface area contributed by atoms with Crippen LogP contribution in [0.3, 0.4) is 0 Å². The number of thioether (sulfide) groups is 1. The summed E-state index contributed by atoms with van der Waals surface area (Å²) in [7, 11) is 0. The highest BCUT2D eigenvalue weighted by atomic mass is 127. The maximum Gasteiger partial charge on any atom is 0.342 e. The van der Waals surface area contributed by atoms with Crippen LogP contribution in [-0.4, -0.2) is 17.3 Å². The van der Waals surface area contributed by atoms with E-state index in [4.69, 9.17) is 5.11 Å². The van der Waals surface area contributed by atoms with Gasteiger partial charge in [0.1, 0.15) is 3.58 Å². The minimum atomic E-state index is -0.873. The molecule has 0 spiro atoms. The molecule has 1 rings (SSSR count). The third kappa shape index (κ3) is 3.24. The summed E-state index contributed by atoms with van der Waals surface area (Å²) in [5.41, 5.74) is 1.76. The average Bonchev–Trinajstić information content (AvgIpc) is 2.27. The molecular weight excluding hydrogens is 323 g/mol. The van der Waals surface area contributed by atoms with Crippen molar-refractivity contribution in [2.75, 3.05) is 6.26 Å². The first-order valence-corrected chi connectivity index (χ1v) is 6.60. The Morgan fingerprint density at radius 3 is 2.27 bits per heavy atom. The van der Waals surface area contributed by atoms with Crippen molar-refractivity contribution in [1.82, 2.24) is 0 Å². The predicted octanol–water partition coefficient (Wildman–Crippen LogP) is 3.66. The van der Waals surface area contributed by atoms with Crippen LogP contribution in [0.25, 0.3) is 5.57 Å². The maximum atomic E-state index is 10.8. The smallest absolute Gasteiger partial charge is 0.342 e. The highest BCUT2D eigenvalue weighted by molar-refractivity contribution is 14.1. The van der Waals surface area contributed by atoms with Crippen LogP contribution in [0.15, 0.2) is 32.7 Å². The lowest BCUT2D eigenvalue weighted by Gasteiger charge is -2.04. The van der Waals surface area contributed by atoms with Gasteiger partial charge >= 0.3 is 5.97 Å². The standard InChI is InChI=1S/C11H11IO2S/c1-7(10(12)11(13)14)8-3-5-9(15-2)6-4-8/h3-6H,1-2H3,(H,13,14)/b10-7-. The first-order valence-electron chi connectivity index (χ1n) is 4.30. The van der Waals surface area contributed by atoms with E-state index >= 15 is 0 Å². The van der Waals surface area contributed by atoms with Crippen LogP contribution in [0.2, 0.25) is 0 Å². The molecule has 0 unspecified atom stereocenters. The van der Waals surface area contributed by atoms with Crippen molar-refractivity contribution in [2.24, 2.45) is 0 Å². The number of carbonyl (C=O) groups is 1. The fraction of sp³-hybridized carbons (Fsp3) is 0.182. The second-order valence-corrected chi connectivity index (χ2v) is 4.93. The van der Waals surface area contributed by atoms with Gasteiger partial charge in [0.15, 0.2) is 0 Å². The number of rotatable bonds is 3. The Labute approximate surface area is 107 Å². The molecule has 0 fully saturated rings. The quantitative estimate of drug-likeness (QED) is 0.521. The van der Waals surface area contributed by atoms with E-state index in [2.05, 4.69) is 0 Å². The first kappa shape index (κ1) is 12.6. The van der Waals surface area contributed by atoms with E-state index in [1.54, 1.807) is 11.8 Å². The molecule has 0 bridgehead atoms. The lowest BCUT2D eigenvalue weighted by Crippen LogP contribution is -1.96. The average molecular weight is 334 g/mol. The van der Waals surface area contributed by atoms with Gasteiger partial charge in [-0.05, 0) is 59.0 Å². The summed E-state index contributed by atoms with van der Waals surface area (Å²) < 4.78 is 0.365. The van der Waals surface area contributed by atoms with Crippen molar-refractivity contribution in [2.45, 2.75) is 11.8 Å². The van der Waals surface area contributed by atoms with Crippen molar-refractivity contribution in [3.05, 3.63) is 33.4 Å². The molecule has 0 aromatic heterocycles. The minimum Gasteiger partial charge on any atom is -0.477 e. The van der Waals surface area contributed by atoms with Crippen molar-refractivity contribution < 1.29 is 9.90 Å². The normalized spacial score (nSPS) is 12.2. The summed E-state index contributed by atoms with van der Waals surface area (Å²) in [5, 5.41) is 8.85. The Morgan fingerprint density at radius 2 is 1.87 bits per heavy atom. The van der Waals surface area contributed by atoms with E-state index in [-0.39, 0.29) is 0 Å². The molecule has 1 aromatic carbocycles. The molecule has 0 amide bonds. The van der Waals surface area contributed by atoms with Gasteiger partial charge in [0.05, 0.1) is 0 Å². The lowest BCUT2D eigenvalue weighted by molar-refractivity contribution is -0.131. The van der Waals surface area contributed by atoms with Crippen LogP contribution < -0.4 is 0 Å². The van der Waals surface area contributed by atoms with Crippen molar-refractivity contribution in [3.8, 4) is 0 Å². The van der Waals surface area contributed by atoms with Gasteiger partial charge < -0.3 is 5.11 Å². The number of allylic oxidation sites excluding steroid dienone is 1. The first-order chi connectivity index (χ1) is 7.06. The fourth-order valence-corrected chi connectivity index (χ4v) is 1.85. The Balaban J connectivity index is 3.07. The van der Waals surface area contributed by atoms with Gasteiger partial charge in [-0.25, -0.2) is 4.79 Å². The highest BCUT2D eigenvalue weighted by Crippen LogP contribution is 2.24. The van der Waals surface area contributed by atoms with Crippen LogP contribution in [0.1, 0.15) is 12.5 Å². The zero-order valence-electron chi connectivity index (χ0n) is 8.45. The van der Waals surface area contributed by atoms with Gasteiger partial charge in [-0.2, -0.15) is 0 Å². The number of benzene rings is 1. The summed E-state index contributed by atoms with van der Waals surface area (Å²) >= 11 is 3.52. The second kappa shape index (κ2) is 5.55. The molecule has 0 aliphatic heterocycles. The van der Waals surface area contributed by atoms with Gasteiger partial charge in [-0.15, -0.1) is 11.8 Å². The lowest BCUT2D eigenvalue weighted by atomic mass is 10.1. The van der Waals surface area contributed by atoms with E-state index in [0.29, 0.717) is 3.58 Å². The zero-order valence-corrected chi connectivity index (χ0v) is 11.4. The predicted molar refractivity (Wildman–Crippen MR) is 72.5 cm³/mol. The minimum absolute atomic E-state index is 0.365. The van der Waals surface area contributed by atoms with Crippen LogP contribution in [0, 0.1) is 0 Å². The molecule has 1 aromatic rings. The SMILES string of the molecule is CSc1ccc(/C(C)=C(\I)C(=O)O)cc1. The molecule has 4 heteroatoms. The van der Waals surface area contributed by atoms with Gasteiger partial charge in [-0.1, -0.05) is 12.1 Å². The van der Waals surface area contributed by atoms with Crippen LogP contribution >= 0.6 is 34.4 Å². The second-order valence-electron chi connectivity index (χ2n) is 2.97. The van der Waals surface area contributed by atoms with Crippen LogP contribution in [-0.2, 0) is 4.79 Å². The van der Waals surface area contributed by atoms with E-state index < -0.39 is 5.97 Å². The number of hydrogen-bond donors (Lipinski definition) is 1. The third-order valence-corrected chi connectivity index (χ3v) is 4.05. The van der Waals surface area contributed by atoms with Gasteiger partial charge in [0.2, 0.25) is 0 Å². The molecule has 0 heterocycles. The molecule has 0 aliphatic rings. The number of carboxylic acids is 1. The van der Waals surface area contributed by atoms with Gasteiger partial charge in [0.25, 0.3) is 0 Å². The van der Waals surface area contributed by atoms with Gasteiger partial charge in [-0.3, -0.25) is 0 Å². The number of aliphatic carboxylic acids is 1. The van der Waals surface area contributed by atoms with E-state index in [9.17, 15) is 4.79 Å². The molecule has 0 radical (unpaired) electrons. The largest absolute Gasteiger partial charge is 0.477 e. The maximum absolute atomic E-state index is 10.8. The number of carboxylic acid groups (broad SMARTS) is 1. The Bertz CT molecular complexity index is 396. The molecule has 2 nitrogen and oxygen atoms in total. The third-order valence-electron chi connectivity index (χ3n) is 2.04. The molecule has 0 saturated heterocycles. The highest BCUT2D eigenvalue weighted by Gasteiger charge is 2.08. The van der Waals surface area contributed by atoms with Gasteiger partial charge in [0, 0.05) is 4.90 Å². The fourth-order valence-electron chi connectivity index (χ4n) is 1.13. The summed E-state index contributed by atoms with van der Waals surface area (Å²) in [6.07, 6.45) is 2.01.